The molecule has 17 heavy (non-hydrogen) atoms. The Labute approximate surface area is 107 Å². The highest BCUT2D eigenvalue weighted by Crippen LogP contribution is 2.30. The highest BCUT2D eigenvalue weighted by Gasteiger charge is 2.20. The fourth-order valence-electron chi connectivity index (χ4n) is 1.94. The van der Waals surface area contributed by atoms with Gasteiger partial charge in [-0.2, -0.15) is 0 Å². The summed E-state index contributed by atoms with van der Waals surface area (Å²) in [6.07, 6.45) is 1.71. The molecular weight excluding hydrogens is 234 g/mol. The largest absolute Gasteiger partial charge is 0.467 e. The van der Waals surface area contributed by atoms with Crippen molar-refractivity contribution in [3.8, 4) is 0 Å². The summed E-state index contributed by atoms with van der Waals surface area (Å²) >= 11 is 6.24. The molecule has 1 atom stereocenters. The Kier molecular flexibility index (Phi) is 3.87. The fourth-order valence-corrected chi connectivity index (χ4v) is 2.18. The standard InChI is InChI=1S/C14H16ClNO/c1-3-16-13(14-10(2)8-9-17-14)11-6-4-5-7-12(11)15/h4-9,13,16H,3H2,1-2H3. The monoisotopic (exact) mass is 249 g/mol. The Hall–Kier alpha value is -1.25. The van der Waals surface area contributed by atoms with E-state index in [0.29, 0.717) is 0 Å². The topological polar surface area (TPSA) is 25.2 Å². The molecule has 0 bridgehead atoms. The van der Waals surface area contributed by atoms with Crippen LogP contribution in [-0.2, 0) is 0 Å². The fraction of sp³-hybridized carbons (Fsp3) is 0.286. The van der Waals surface area contributed by atoms with E-state index in [4.69, 9.17) is 16.0 Å². The molecule has 1 N–H and O–H groups in total. The summed E-state index contributed by atoms with van der Waals surface area (Å²) in [7, 11) is 0. The van der Waals surface area contributed by atoms with E-state index in [9.17, 15) is 0 Å². The smallest absolute Gasteiger partial charge is 0.128 e. The van der Waals surface area contributed by atoms with Gasteiger partial charge < -0.3 is 9.73 Å². The van der Waals surface area contributed by atoms with Crippen LogP contribution in [0.15, 0.2) is 41.0 Å². The summed E-state index contributed by atoms with van der Waals surface area (Å²) in [5.74, 6) is 0.931. The van der Waals surface area contributed by atoms with E-state index < -0.39 is 0 Å². The number of furan rings is 1. The molecular formula is C14H16ClNO. The number of aryl methyl sites for hydroxylation is 1. The molecule has 0 aliphatic carbocycles. The zero-order valence-corrected chi connectivity index (χ0v) is 10.8. The third kappa shape index (κ3) is 2.54. The highest BCUT2D eigenvalue weighted by molar-refractivity contribution is 6.31. The number of benzene rings is 1. The molecule has 1 aromatic heterocycles. The van der Waals surface area contributed by atoms with Gasteiger partial charge in [0, 0.05) is 5.02 Å². The van der Waals surface area contributed by atoms with Gasteiger partial charge in [-0.15, -0.1) is 0 Å². The average molecular weight is 250 g/mol. The molecule has 0 radical (unpaired) electrons. The summed E-state index contributed by atoms with van der Waals surface area (Å²) < 4.78 is 5.57. The number of halogens is 1. The first-order chi connectivity index (χ1) is 8.24. The van der Waals surface area contributed by atoms with Gasteiger partial charge in [-0.05, 0) is 36.7 Å². The highest BCUT2D eigenvalue weighted by atomic mass is 35.5. The maximum absolute atomic E-state index is 6.24. The van der Waals surface area contributed by atoms with Gasteiger partial charge in [0.1, 0.15) is 5.76 Å². The Morgan fingerprint density at radius 2 is 2.06 bits per heavy atom. The van der Waals surface area contributed by atoms with E-state index in [0.717, 1.165) is 28.5 Å². The molecule has 2 nitrogen and oxygen atoms in total. The molecule has 0 saturated carbocycles. The van der Waals surface area contributed by atoms with Crippen LogP contribution in [0.5, 0.6) is 0 Å². The first kappa shape index (κ1) is 12.2. The molecule has 1 unspecified atom stereocenters. The van der Waals surface area contributed by atoms with Gasteiger partial charge in [-0.1, -0.05) is 36.7 Å². The molecule has 0 amide bonds. The normalized spacial score (nSPS) is 12.6. The number of hydrogen-bond acceptors (Lipinski definition) is 2. The molecule has 0 saturated heterocycles. The second kappa shape index (κ2) is 5.39. The molecule has 1 heterocycles. The molecule has 2 aromatic rings. The van der Waals surface area contributed by atoms with Crippen LogP contribution < -0.4 is 5.32 Å². The van der Waals surface area contributed by atoms with Gasteiger partial charge in [-0.3, -0.25) is 0 Å². The summed E-state index contributed by atoms with van der Waals surface area (Å²) in [5.41, 5.74) is 2.19. The van der Waals surface area contributed by atoms with Crippen LogP contribution in [0, 0.1) is 6.92 Å². The molecule has 0 aliphatic rings. The minimum absolute atomic E-state index is 0.0173. The zero-order chi connectivity index (χ0) is 12.3. The molecule has 0 spiro atoms. The zero-order valence-electron chi connectivity index (χ0n) is 10.0. The molecule has 3 heteroatoms. The van der Waals surface area contributed by atoms with Crippen LogP contribution in [0.3, 0.4) is 0 Å². The predicted octanol–water partition coefficient (Wildman–Crippen LogP) is 3.94. The third-order valence-electron chi connectivity index (χ3n) is 2.79. The average Bonchev–Trinajstić information content (AvgIpc) is 2.74. The number of nitrogens with one attached hydrogen (secondary N) is 1. The van der Waals surface area contributed by atoms with Crippen LogP contribution in [0.25, 0.3) is 0 Å². The van der Waals surface area contributed by atoms with Gasteiger partial charge in [0.05, 0.1) is 12.3 Å². The first-order valence-electron chi connectivity index (χ1n) is 5.75. The van der Waals surface area contributed by atoms with Gasteiger partial charge in [-0.25, -0.2) is 0 Å². The number of rotatable bonds is 4. The van der Waals surface area contributed by atoms with E-state index in [2.05, 4.69) is 12.2 Å². The molecule has 90 valence electrons. The van der Waals surface area contributed by atoms with Crippen LogP contribution in [0.2, 0.25) is 5.02 Å². The van der Waals surface area contributed by atoms with E-state index in [1.807, 2.05) is 37.3 Å². The Bertz CT molecular complexity index is 492. The quantitative estimate of drug-likeness (QED) is 0.888. The lowest BCUT2D eigenvalue weighted by atomic mass is 10.0. The van der Waals surface area contributed by atoms with Gasteiger partial charge >= 0.3 is 0 Å². The first-order valence-corrected chi connectivity index (χ1v) is 6.13. The lowest BCUT2D eigenvalue weighted by Gasteiger charge is -2.18. The molecule has 1 aromatic carbocycles. The molecule has 0 fully saturated rings. The van der Waals surface area contributed by atoms with Crippen molar-refractivity contribution in [2.75, 3.05) is 6.54 Å². The van der Waals surface area contributed by atoms with Gasteiger partial charge in [0.15, 0.2) is 0 Å². The van der Waals surface area contributed by atoms with Crippen molar-refractivity contribution >= 4 is 11.6 Å². The predicted molar refractivity (Wildman–Crippen MR) is 70.4 cm³/mol. The van der Waals surface area contributed by atoms with E-state index in [1.165, 1.54) is 0 Å². The van der Waals surface area contributed by atoms with Crippen LogP contribution in [0.4, 0.5) is 0 Å². The lowest BCUT2D eigenvalue weighted by molar-refractivity contribution is 0.449. The van der Waals surface area contributed by atoms with Crippen LogP contribution >= 0.6 is 11.6 Å². The van der Waals surface area contributed by atoms with Crippen molar-refractivity contribution < 1.29 is 4.42 Å². The van der Waals surface area contributed by atoms with Gasteiger partial charge in [0.2, 0.25) is 0 Å². The summed E-state index contributed by atoms with van der Waals surface area (Å²) in [6.45, 7) is 4.97. The number of hydrogen-bond donors (Lipinski definition) is 1. The van der Waals surface area contributed by atoms with Crippen molar-refractivity contribution in [1.82, 2.24) is 5.32 Å². The maximum Gasteiger partial charge on any atom is 0.128 e. The van der Waals surface area contributed by atoms with Crippen molar-refractivity contribution in [2.24, 2.45) is 0 Å². The summed E-state index contributed by atoms with van der Waals surface area (Å²) in [6, 6.07) is 9.84. The van der Waals surface area contributed by atoms with Gasteiger partial charge in [0.25, 0.3) is 0 Å². The van der Waals surface area contributed by atoms with Crippen molar-refractivity contribution in [1.29, 1.82) is 0 Å². The third-order valence-corrected chi connectivity index (χ3v) is 3.13. The Balaban J connectivity index is 2.43. The Morgan fingerprint density at radius 1 is 1.29 bits per heavy atom. The van der Waals surface area contributed by atoms with Crippen LogP contribution in [-0.4, -0.2) is 6.54 Å². The van der Waals surface area contributed by atoms with Crippen molar-refractivity contribution in [3.05, 3.63) is 58.5 Å². The lowest BCUT2D eigenvalue weighted by Crippen LogP contribution is -2.22. The molecule has 2 rings (SSSR count). The minimum atomic E-state index is 0.0173. The summed E-state index contributed by atoms with van der Waals surface area (Å²) in [5, 5.41) is 4.16. The van der Waals surface area contributed by atoms with E-state index >= 15 is 0 Å². The van der Waals surface area contributed by atoms with Crippen molar-refractivity contribution in [3.63, 3.8) is 0 Å². The Morgan fingerprint density at radius 3 is 2.65 bits per heavy atom. The second-order valence-corrected chi connectivity index (χ2v) is 4.39. The summed E-state index contributed by atoms with van der Waals surface area (Å²) in [4.78, 5) is 0. The van der Waals surface area contributed by atoms with Crippen molar-refractivity contribution in [2.45, 2.75) is 19.9 Å². The van der Waals surface area contributed by atoms with Crippen LogP contribution in [0.1, 0.15) is 29.9 Å². The second-order valence-electron chi connectivity index (χ2n) is 3.98. The SMILES string of the molecule is CCNC(c1ccccc1Cl)c1occc1C. The minimum Gasteiger partial charge on any atom is -0.467 e. The van der Waals surface area contributed by atoms with E-state index in [-0.39, 0.29) is 6.04 Å². The molecule has 0 aliphatic heterocycles. The maximum atomic E-state index is 6.24. The van der Waals surface area contributed by atoms with E-state index in [1.54, 1.807) is 6.26 Å².